The Morgan fingerprint density at radius 3 is 2.46 bits per heavy atom. The van der Waals surface area contributed by atoms with Crippen LogP contribution in [-0.4, -0.2) is 5.97 Å². The number of esters is 1. The molecule has 2 nitrogen and oxygen atoms in total. The molecule has 0 unspecified atom stereocenters. The van der Waals surface area contributed by atoms with E-state index >= 15 is 0 Å². The van der Waals surface area contributed by atoms with Crippen molar-refractivity contribution in [2.75, 3.05) is 0 Å². The van der Waals surface area contributed by atoms with Gasteiger partial charge in [0.1, 0.15) is 5.75 Å². The molecule has 2 rings (SSSR count). The zero-order valence-electron chi connectivity index (χ0n) is 7.00. The van der Waals surface area contributed by atoms with Crippen LogP contribution in [0.4, 0.5) is 0 Å². The van der Waals surface area contributed by atoms with Gasteiger partial charge in [0, 0.05) is 4.47 Å². The molecule has 1 saturated carbocycles. The van der Waals surface area contributed by atoms with E-state index in [2.05, 4.69) is 15.9 Å². The van der Waals surface area contributed by atoms with E-state index in [9.17, 15) is 4.79 Å². The van der Waals surface area contributed by atoms with Crippen molar-refractivity contribution in [1.29, 1.82) is 0 Å². The molecule has 0 aromatic heterocycles. The van der Waals surface area contributed by atoms with Gasteiger partial charge in [0.2, 0.25) is 0 Å². The lowest BCUT2D eigenvalue weighted by Crippen LogP contribution is -2.09. The number of hydrogen-bond acceptors (Lipinski definition) is 2. The summed E-state index contributed by atoms with van der Waals surface area (Å²) in [7, 11) is 0. The van der Waals surface area contributed by atoms with E-state index in [4.69, 9.17) is 4.74 Å². The van der Waals surface area contributed by atoms with E-state index in [1.165, 1.54) is 0 Å². The molecule has 68 valence electrons. The van der Waals surface area contributed by atoms with E-state index < -0.39 is 0 Å². The van der Waals surface area contributed by atoms with E-state index in [-0.39, 0.29) is 11.9 Å². The minimum atomic E-state index is -0.0951. The number of benzene rings is 1. The van der Waals surface area contributed by atoms with E-state index in [1.807, 2.05) is 12.1 Å². The molecule has 1 aromatic carbocycles. The highest BCUT2D eigenvalue weighted by Crippen LogP contribution is 2.30. The first-order chi connectivity index (χ1) is 6.25. The second kappa shape index (κ2) is 3.50. The predicted molar refractivity (Wildman–Crippen MR) is 52.5 cm³/mol. The molecule has 0 radical (unpaired) electrons. The van der Waals surface area contributed by atoms with Crippen LogP contribution in [0.15, 0.2) is 28.7 Å². The molecule has 1 fully saturated rings. The van der Waals surface area contributed by atoms with Crippen molar-refractivity contribution in [1.82, 2.24) is 0 Å². The Balaban J connectivity index is 2.00. The summed E-state index contributed by atoms with van der Waals surface area (Å²) in [6.45, 7) is 0. The summed E-state index contributed by atoms with van der Waals surface area (Å²) >= 11 is 3.31. The Morgan fingerprint density at radius 2 is 1.92 bits per heavy atom. The zero-order valence-corrected chi connectivity index (χ0v) is 8.58. The minimum Gasteiger partial charge on any atom is -0.426 e. The fourth-order valence-corrected chi connectivity index (χ4v) is 1.29. The van der Waals surface area contributed by atoms with E-state index in [1.54, 1.807) is 12.1 Å². The molecule has 0 bridgehead atoms. The van der Waals surface area contributed by atoms with Gasteiger partial charge in [-0.3, -0.25) is 4.79 Å². The van der Waals surface area contributed by atoms with Crippen molar-refractivity contribution in [3.63, 3.8) is 0 Å². The van der Waals surface area contributed by atoms with Crippen LogP contribution in [0.5, 0.6) is 5.75 Å². The molecule has 0 spiro atoms. The van der Waals surface area contributed by atoms with Crippen molar-refractivity contribution in [3.8, 4) is 5.75 Å². The van der Waals surface area contributed by atoms with E-state index in [0.717, 1.165) is 17.3 Å². The molecule has 0 saturated heterocycles. The third-order valence-electron chi connectivity index (χ3n) is 1.94. The van der Waals surface area contributed by atoms with Crippen LogP contribution < -0.4 is 4.74 Å². The first-order valence-corrected chi connectivity index (χ1v) is 5.02. The number of hydrogen-bond donors (Lipinski definition) is 0. The van der Waals surface area contributed by atoms with Crippen molar-refractivity contribution in [2.45, 2.75) is 12.8 Å². The summed E-state index contributed by atoms with van der Waals surface area (Å²) < 4.78 is 6.12. The van der Waals surface area contributed by atoms with Gasteiger partial charge in [-0.25, -0.2) is 0 Å². The average Bonchev–Trinajstić information content (AvgIpc) is 2.91. The lowest BCUT2D eigenvalue weighted by molar-refractivity contribution is -0.135. The minimum absolute atomic E-state index is 0.0951. The maximum Gasteiger partial charge on any atom is 0.314 e. The molecule has 0 N–H and O–H groups in total. The summed E-state index contributed by atoms with van der Waals surface area (Å²) in [6.07, 6.45) is 1.96. The Morgan fingerprint density at radius 1 is 1.31 bits per heavy atom. The molecular weight excluding hydrogens is 232 g/mol. The summed E-state index contributed by atoms with van der Waals surface area (Å²) in [5.41, 5.74) is 0. The second-order valence-electron chi connectivity index (χ2n) is 3.15. The van der Waals surface area contributed by atoms with Gasteiger partial charge in [0.05, 0.1) is 5.92 Å². The molecule has 13 heavy (non-hydrogen) atoms. The number of rotatable bonds is 2. The normalized spacial score (nSPS) is 15.5. The Kier molecular flexibility index (Phi) is 2.36. The van der Waals surface area contributed by atoms with Crippen LogP contribution in [0.3, 0.4) is 0 Å². The second-order valence-corrected chi connectivity index (χ2v) is 4.06. The Hall–Kier alpha value is -0.830. The van der Waals surface area contributed by atoms with Gasteiger partial charge in [-0.05, 0) is 37.1 Å². The lowest BCUT2D eigenvalue weighted by Gasteiger charge is -2.02. The monoisotopic (exact) mass is 240 g/mol. The lowest BCUT2D eigenvalue weighted by atomic mass is 10.3. The molecule has 0 aliphatic heterocycles. The summed E-state index contributed by atoms with van der Waals surface area (Å²) in [4.78, 5) is 11.2. The highest BCUT2D eigenvalue weighted by atomic mass is 79.9. The van der Waals surface area contributed by atoms with Gasteiger partial charge in [-0.1, -0.05) is 15.9 Å². The van der Waals surface area contributed by atoms with Crippen LogP contribution in [0.1, 0.15) is 12.8 Å². The highest BCUT2D eigenvalue weighted by molar-refractivity contribution is 9.10. The van der Waals surface area contributed by atoms with Crippen LogP contribution in [-0.2, 0) is 4.79 Å². The number of ether oxygens (including phenoxy) is 1. The van der Waals surface area contributed by atoms with Gasteiger partial charge >= 0.3 is 5.97 Å². The quantitative estimate of drug-likeness (QED) is 0.587. The zero-order chi connectivity index (χ0) is 9.26. The highest BCUT2D eigenvalue weighted by Gasteiger charge is 2.31. The molecule has 0 atom stereocenters. The fourth-order valence-electron chi connectivity index (χ4n) is 1.02. The number of carbonyl (C=O) groups is 1. The third kappa shape index (κ3) is 2.31. The van der Waals surface area contributed by atoms with Crippen molar-refractivity contribution in [3.05, 3.63) is 28.7 Å². The smallest absolute Gasteiger partial charge is 0.314 e. The average molecular weight is 241 g/mol. The largest absolute Gasteiger partial charge is 0.426 e. The predicted octanol–water partition coefficient (Wildman–Crippen LogP) is 2.76. The molecule has 1 aromatic rings. The van der Waals surface area contributed by atoms with Crippen molar-refractivity contribution >= 4 is 21.9 Å². The maximum atomic E-state index is 11.2. The molecule has 1 aliphatic rings. The topological polar surface area (TPSA) is 26.3 Å². The summed E-state index contributed by atoms with van der Waals surface area (Å²) in [5.74, 6) is 0.686. The molecule has 0 heterocycles. The first kappa shape index (κ1) is 8.75. The van der Waals surface area contributed by atoms with Gasteiger partial charge in [-0.2, -0.15) is 0 Å². The Labute approximate surface area is 85.0 Å². The molecule has 0 amide bonds. The van der Waals surface area contributed by atoms with E-state index in [0.29, 0.717) is 5.75 Å². The summed E-state index contributed by atoms with van der Waals surface area (Å²) in [6, 6.07) is 7.28. The van der Waals surface area contributed by atoms with Crippen LogP contribution in [0.25, 0.3) is 0 Å². The number of halogens is 1. The maximum absolute atomic E-state index is 11.2. The Bertz CT molecular complexity index is 314. The molecule has 1 aliphatic carbocycles. The van der Waals surface area contributed by atoms with Crippen LogP contribution >= 0.6 is 15.9 Å². The number of carbonyl (C=O) groups excluding carboxylic acids is 1. The standard InChI is InChI=1S/C10H9BrO2/c11-8-3-5-9(6-4-8)13-10(12)7-1-2-7/h3-7H,1-2H2. The van der Waals surface area contributed by atoms with Gasteiger partial charge in [0.25, 0.3) is 0 Å². The fraction of sp³-hybridized carbons (Fsp3) is 0.300. The third-order valence-corrected chi connectivity index (χ3v) is 2.47. The SMILES string of the molecule is O=C(Oc1ccc(Br)cc1)C1CC1. The van der Waals surface area contributed by atoms with Gasteiger partial charge < -0.3 is 4.74 Å². The van der Waals surface area contributed by atoms with Crippen LogP contribution in [0, 0.1) is 5.92 Å². The molecule has 3 heteroatoms. The van der Waals surface area contributed by atoms with Crippen LogP contribution in [0.2, 0.25) is 0 Å². The van der Waals surface area contributed by atoms with Crippen molar-refractivity contribution < 1.29 is 9.53 Å². The molecular formula is C10H9BrO2. The van der Waals surface area contributed by atoms with Gasteiger partial charge in [-0.15, -0.1) is 0 Å². The summed E-state index contributed by atoms with van der Waals surface area (Å²) in [5, 5.41) is 0. The first-order valence-electron chi connectivity index (χ1n) is 4.23. The van der Waals surface area contributed by atoms with Gasteiger partial charge in [0.15, 0.2) is 0 Å². The van der Waals surface area contributed by atoms with Crippen molar-refractivity contribution in [2.24, 2.45) is 5.92 Å².